The number of hydrogen-bond acceptors (Lipinski definition) is 5. The van der Waals surface area contributed by atoms with Crippen LogP contribution in [0.15, 0.2) is 27.8 Å². The lowest BCUT2D eigenvalue weighted by atomic mass is 10.2. The van der Waals surface area contributed by atoms with Crippen molar-refractivity contribution in [3.05, 3.63) is 24.2 Å². The van der Waals surface area contributed by atoms with Crippen molar-refractivity contribution in [1.82, 2.24) is 20.4 Å². The third-order valence-electron chi connectivity index (χ3n) is 5.15. The highest BCUT2D eigenvalue weighted by atomic mass is 127. The van der Waals surface area contributed by atoms with Crippen LogP contribution in [0.3, 0.4) is 0 Å². The monoisotopic (exact) mass is 521 g/mol. The molecule has 0 aromatic carbocycles. The first-order valence-corrected chi connectivity index (χ1v) is 10.6. The first-order chi connectivity index (χ1) is 13.6. The minimum Gasteiger partial charge on any atom is -0.468 e. The second kappa shape index (κ2) is 14.2. The van der Waals surface area contributed by atoms with Gasteiger partial charge in [-0.1, -0.05) is 27.7 Å². The van der Waals surface area contributed by atoms with E-state index in [4.69, 9.17) is 9.15 Å². The Bertz CT molecular complexity index is 563. The van der Waals surface area contributed by atoms with Crippen molar-refractivity contribution in [2.24, 2.45) is 10.9 Å². The van der Waals surface area contributed by atoms with Gasteiger partial charge >= 0.3 is 0 Å². The molecule has 0 saturated carbocycles. The van der Waals surface area contributed by atoms with Crippen LogP contribution in [-0.4, -0.2) is 81.3 Å². The molecule has 1 fully saturated rings. The number of nitrogens with one attached hydrogen (secondary N) is 2. The van der Waals surface area contributed by atoms with Gasteiger partial charge in [-0.3, -0.25) is 14.8 Å². The van der Waals surface area contributed by atoms with Gasteiger partial charge in [-0.25, -0.2) is 0 Å². The van der Waals surface area contributed by atoms with Crippen LogP contribution in [0.25, 0.3) is 0 Å². The van der Waals surface area contributed by atoms with Crippen LogP contribution in [-0.2, 0) is 4.74 Å². The van der Waals surface area contributed by atoms with E-state index in [1.807, 2.05) is 12.1 Å². The number of morpholine rings is 1. The Morgan fingerprint density at radius 2 is 2.07 bits per heavy atom. The third kappa shape index (κ3) is 8.82. The van der Waals surface area contributed by atoms with E-state index in [-0.39, 0.29) is 36.1 Å². The van der Waals surface area contributed by atoms with E-state index in [1.165, 1.54) is 0 Å². The Labute approximate surface area is 193 Å². The van der Waals surface area contributed by atoms with Crippen LogP contribution >= 0.6 is 24.0 Å². The van der Waals surface area contributed by atoms with E-state index in [9.17, 15) is 0 Å². The molecule has 1 aliphatic rings. The van der Waals surface area contributed by atoms with Crippen molar-refractivity contribution >= 4 is 29.9 Å². The molecule has 0 spiro atoms. The first-order valence-electron chi connectivity index (χ1n) is 10.6. The van der Waals surface area contributed by atoms with Crippen LogP contribution in [0.5, 0.6) is 0 Å². The number of nitrogens with zero attached hydrogens (tertiary/aromatic N) is 3. The average Bonchev–Trinajstić information content (AvgIpc) is 3.21. The van der Waals surface area contributed by atoms with Gasteiger partial charge < -0.3 is 19.8 Å². The molecule has 7 nitrogen and oxygen atoms in total. The van der Waals surface area contributed by atoms with E-state index in [1.54, 1.807) is 13.3 Å². The fourth-order valence-electron chi connectivity index (χ4n) is 3.77. The van der Waals surface area contributed by atoms with Gasteiger partial charge in [0.1, 0.15) is 5.76 Å². The molecule has 2 heterocycles. The maximum Gasteiger partial charge on any atom is 0.191 e. The predicted molar refractivity (Wildman–Crippen MR) is 130 cm³/mol. The highest BCUT2D eigenvalue weighted by Gasteiger charge is 2.23. The summed E-state index contributed by atoms with van der Waals surface area (Å²) < 4.78 is 11.6. The number of halogens is 1. The smallest absolute Gasteiger partial charge is 0.191 e. The number of furan rings is 1. The number of guanidine groups is 1. The Hall–Kier alpha value is -0.840. The summed E-state index contributed by atoms with van der Waals surface area (Å²) in [5, 5.41) is 6.88. The molecule has 29 heavy (non-hydrogen) atoms. The molecule has 2 rings (SSSR count). The van der Waals surface area contributed by atoms with Crippen LogP contribution in [0, 0.1) is 5.92 Å². The van der Waals surface area contributed by atoms with Crippen molar-refractivity contribution < 1.29 is 9.15 Å². The molecule has 1 aromatic heterocycles. The SMILES string of the molecule is CCN(CC)C(CNC(=NC)NCC1CN(CC(C)C)CCO1)c1ccco1.I. The Morgan fingerprint density at radius 3 is 2.66 bits per heavy atom. The lowest BCUT2D eigenvalue weighted by Crippen LogP contribution is -2.50. The van der Waals surface area contributed by atoms with Crippen molar-refractivity contribution in [2.75, 3.05) is 59.5 Å². The van der Waals surface area contributed by atoms with E-state index in [0.717, 1.165) is 64.1 Å². The maximum atomic E-state index is 5.93. The summed E-state index contributed by atoms with van der Waals surface area (Å²) in [4.78, 5) is 9.25. The van der Waals surface area contributed by atoms with Crippen LogP contribution in [0.2, 0.25) is 0 Å². The van der Waals surface area contributed by atoms with Crippen LogP contribution < -0.4 is 10.6 Å². The second-order valence-corrected chi connectivity index (χ2v) is 7.73. The van der Waals surface area contributed by atoms with Gasteiger partial charge in [-0.15, -0.1) is 24.0 Å². The largest absolute Gasteiger partial charge is 0.468 e. The van der Waals surface area contributed by atoms with Gasteiger partial charge in [0.2, 0.25) is 0 Å². The summed E-state index contributed by atoms with van der Waals surface area (Å²) in [6, 6.07) is 4.17. The van der Waals surface area contributed by atoms with E-state index in [0.29, 0.717) is 5.92 Å². The minimum atomic E-state index is 0. The molecule has 1 aliphatic heterocycles. The van der Waals surface area contributed by atoms with Crippen molar-refractivity contribution in [1.29, 1.82) is 0 Å². The number of hydrogen-bond donors (Lipinski definition) is 2. The molecule has 2 atom stereocenters. The first kappa shape index (κ1) is 26.2. The molecular formula is C21H40IN5O2. The molecule has 0 radical (unpaired) electrons. The molecular weight excluding hydrogens is 481 g/mol. The Morgan fingerprint density at radius 1 is 1.31 bits per heavy atom. The molecule has 2 unspecified atom stereocenters. The summed E-state index contributed by atoms with van der Waals surface area (Å²) in [6.45, 7) is 16.2. The zero-order valence-electron chi connectivity index (χ0n) is 18.7. The molecule has 1 aromatic rings. The van der Waals surface area contributed by atoms with E-state index < -0.39 is 0 Å². The van der Waals surface area contributed by atoms with Gasteiger partial charge in [0.15, 0.2) is 5.96 Å². The Balaban J connectivity index is 0.00000420. The van der Waals surface area contributed by atoms with Gasteiger partial charge in [0, 0.05) is 39.8 Å². The van der Waals surface area contributed by atoms with Gasteiger partial charge in [0.05, 0.1) is 25.0 Å². The van der Waals surface area contributed by atoms with Crippen LogP contribution in [0.1, 0.15) is 39.5 Å². The lowest BCUT2D eigenvalue weighted by molar-refractivity contribution is -0.0284. The van der Waals surface area contributed by atoms with E-state index in [2.05, 4.69) is 53.1 Å². The molecule has 0 aliphatic carbocycles. The van der Waals surface area contributed by atoms with Crippen molar-refractivity contribution in [3.63, 3.8) is 0 Å². The van der Waals surface area contributed by atoms with Gasteiger partial charge in [0.25, 0.3) is 0 Å². The summed E-state index contributed by atoms with van der Waals surface area (Å²) in [5.41, 5.74) is 0. The minimum absolute atomic E-state index is 0. The normalized spacial score (nSPS) is 19.3. The summed E-state index contributed by atoms with van der Waals surface area (Å²) in [6.07, 6.45) is 1.93. The van der Waals surface area contributed by atoms with E-state index >= 15 is 0 Å². The molecule has 8 heteroatoms. The quantitative estimate of drug-likeness (QED) is 0.281. The molecule has 0 bridgehead atoms. The molecule has 2 N–H and O–H groups in total. The van der Waals surface area contributed by atoms with Crippen molar-refractivity contribution in [3.8, 4) is 0 Å². The number of likely N-dealkylation sites (N-methyl/N-ethyl adjacent to an activating group) is 1. The highest BCUT2D eigenvalue weighted by molar-refractivity contribution is 14.0. The topological polar surface area (TPSA) is 65.3 Å². The zero-order valence-corrected chi connectivity index (χ0v) is 21.0. The third-order valence-corrected chi connectivity index (χ3v) is 5.15. The molecule has 1 saturated heterocycles. The van der Waals surface area contributed by atoms with Crippen molar-refractivity contribution in [2.45, 2.75) is 39.8 Å². The average molecular weight is 521 g/mol. The number of ether oxygens (including phenoxy) is 1. The lowest BCUT2D eigenvalue weighted by Gasteiger charge is -2.34. The fourth-order valence-corrected chi connectivity index (χ4v) is 3.77. The number of aliphatic imine (C=N–C) groups is 1. The highest BCUT2D eigenvalue weighted by Crippen LogP contribution is 2.20. The summed E-state index contributed by atoms with van der Waals surface area (Å²) in [5.74, 6) is 2.46. The second-order valence-electron chi connectivity index (χ2n) is 7.73. The summed E-state index contributed by atoms with van der Waals surface area (Å²) >= 11 is 0. The summed E-state index contributed by atoms with van der Waals surface area (Å²) in [7, 11) is 1.81. The van der Waals surface area contributed by atoms with Gasteiger partial charge in [-0.2, -0.15) is 0 Å². The Kier molecular flexibility index (Phi) is 12.8. The molecule has 0 amide bonds. The maximum absolute atomic E-state index is 5.93. The van der Waals surface area contributed by atoms with Gasteiger partial charge in [-0.05, 0) is 31.1 Å². The predicted octanol–water partition coefficient (Wildman–Crippen LogP) is 2.80. The fraction of sp³-hybridized carbons (Fsp3) is 0.762. The number of rotatable bonds is 10. The zero-order chi connectivity index (χ0) is 20.4. The van der Waals surface area contributed by atoms with Crippen LogP contribution in [0.4, 0.5) is 0 Å². The standard InChI is InChI=1S/C21H39N5O2.HI/c1-6-26(7-2)19(20-9-8-11-28-20)14-24-21(22-5)23-13-18-16-25(10-12-27-18)15-17(3)4;/h8-9,11,17-19H,6-7,10,12-16H2,1-5H3,(H2,22,23,24);1H. The molecule has 168 valence electrons.